The van der Waals surface area contributed by atoms with Gasteiger partial charge in [-0.15, -0.1) is 21.5 Å². The van der Waals surface area contributed by atoms with E-state index in [1.165, 1.54) is 20.9 Å². The fourth-order valence-corrected chi connectivity index (χ4v) is 5.13. The Morgan fingerprint density at radius 2 is 2.13 bits per heavy atom. The van der Waals surface area contributed by atoms with Crippen LogP contribution in [0.3, 0.4) is 0 Å². The summed E-state index contributed by atoms with van der Waals surface area (Å²) in [6.07, 6.45) is 5.72. The fourth-order valence-electron chi connectivity index (χ4n) is 3.22. The molecule has 158 valence electrons. The van der Waals surface area contributed by atoms with E-state index in [2.05, 4.69) is 32.1 Å². The smallest absolute Gasteiger partial charge is 0.264 e. The van der Waals surface area contributed by atoms with Crippen LogP contribution in [0.1, 0.15) is 34.4 Å². The van der Waals surface area contributed by atoms with Crippen LogP contribution in [0.5, 0.6) is 0 Å². The predicted octanol–water partition coefficient (Wildman–Crippen LogP) is 2.98. The Labute approximate surface area is 187 Å². The largest absolute Gasteiger partial charge is 0.334 e. The highest BCUT2D eigenvalue weighted by Gasteiger charge is 2.22. The van der Waals surface area contributed by atoms with Crippen LogP contribution in [0.2, 0.25) is 0 Å². The van der Waals surface area contributed by atoms with Crippen LogP contribution in [0.25, 0.3) is 0 Å². The van der Waals surface area contributed by atoms with Crippen LogP contribution in [-0.4, -0.2) is 32.7 Å². The Morgan fingerprint density at radius 1 is 1.32 bits per heavy atom. The molecule has 2 aromatic heterocycles. The lowest BCUT2D eigenvalue weighted by Gasteiger charge is -2.09. The van der Waals surface area contributed by atoms with E-state index in [9.17, 15) is 10.1 Å². The van der Waals surface area contributed by atoms with Crippen LogP contribution in [0.4, 0.5) is 10.9 Å². The third kappa shape index (κ3) is 4.87. The number of nitrogen functional groups attached to an aromatic ring is 1. The zero-order valence-corrected chi connectivity index (χ0v) is 18.2. The molecule has 0 spiro atoms. The van der Waals surface area contributed by atoms with Gasteiger partial charge in [-0.25, -0.2) is 10.1 Å². The number of nitrogens with zero attached hydrogens (tertiary/aromatic N) is 5. The van der Waals surface area contributed by atoms with Crippen LogP contribution in [0.15, 0.2) is 40.6 Å². The molecule has 9 nitrogen and oxygen atoms in total. The molecule has 31 heavy (non-hydrogen) atoms. The molecule has 1 aromatic carbocycles. The van der Waals surface area contributed by atoms with Crippen molar-refractivity contribution in [2.75, 3.05) is 22.3 Å². The molecule has 0 fully saturated rings. The quantitative estimate of drug-likeness (QED) is 0.217. The van der Waals surface area contributed by atoms with Crippen molar-refractivity contribution < 1.29 is 4.79 Å². The first-order valence-electron chi connectivity index (χ1n) is 9.67. The monoisotopic (exact) mass is 452 g/mol. The minimum atomic E-state index is -0.222. The number of benzene rings is 1. The molecule has 4 N–H and O–H groups in total. The average molecular weight is 453 g/mol. The van der Waals surface area contributed by atoms with E-state index in [0.717, 1.165) is 48.6 Å². The SMILES string of the molecule is N#Cc1c(NC(=O)CSc2nnc(N/N=C/c3ccccc3)n2N)sc2c1CCCC2. The van der Waals surface area contributed by atoms with Crippen molar-refractivity contribution in [2.45, 2.75) is 30.8 Å². The summed E-state index contributed by atoms with van der Waals surface area (Å²) in [5, 5.41) is 25.4. The summed E-state index contributed by atoms with van der Waals surface area (Å²) in [7, 11) is 0. The number of fused-ring (bicyclic) bond motifs is 1. The van der Waals surface area contributed by atoms with Crippen molar-refractivity contribution in [3.63, 3.8) is 0 Å². The number of rotatable bonds is 7. The van der Waals surface area contributed by atoms with Gasteiger partial charge in [-0.1, -0.05) is 42.1 Å². The van der Waals surface area contributed by atoms with Gasteiger partial charge in [0.1, 0.15) is 11.1 Å². The number of thiophene rings is 1. The second kappa shape index (κ2) is 9.63. The number of nitriles is 1. The average Bonchev–Trinajstić information content (AvgIpc) is 3.32. The summed E-state index contributed by atoms with van der Waals surface area (Å²) >= 11 is 2.66. The number of aromatic nitrogens is 3. The Bertz CT molecular complexity index is 1150. The third-order valence-corrected chi connectivity index (χ3v) is 6.86. The van der Waals surface area contributed by atoms with Gasteiger partial charge < -0.3 is 11.2 Å². The predicted molar refractivity (Wildman–Crippen MR) is 123 cm³/mol. The number of hydrazone groups is 1. The molecule has 0 radical (unpaired) electrons. The highest BCUT2D eigenvalue weighted by atomic mass is 32.2. The van der Waals surface area contributed by atoms with Gasteiger partial charge >= 0.3 is 0 Å². The van der Waals surface area contributed by atoms with Gasteiger partial charge in [0.05, 0.1) is 17.5 Å². The normalized spacial score (nSPS) is 13.0. The second-order valence-corrected chi connectivity index (χ2v) is 8.87. The second-order valence-electron chi connectivity index (χ2n) is 6.82. The molecule has 11 heteroatoms. The molecule has 3 aromatic rings. The van der Waals surface area contributed by atoms with Gasteiger partial charge in [-0.3, -0.25) is 4.79 Å². The first-order chi connectivity index (χ1) is 15.2. The zero-order chi connectivity index (χ0) is 21.6. The minimum absolute atomic E-state index is 0.0933. The van der Waals surface area contributed by atoms with E-state index in [-0.39, 0.29) is 17.6 Å². The van der Waals surface area contributed by atoms with Crippen LogP contribution < -0.4 is 16.6 Å². The number of hydrogen-bond acceptors (Lipinski definition) is 9. The van der Waals surface area contributed by atoms with E-state index < -0.39 is 0 Å². The number of nitrogens with two attached hydrogens (primary N) is 1. The van der Waals surface area contributed by atoms with Crippen molar-refractivity contribution in [1.82, 2.24) is 14.9 Å². The van der Waals surface area contributed by atoms with E-state index in [1.54, 1.807) is 6.21 Å². The molecule has 0 saturated heterocycles. The zero-order valence-electron chi connectivity index (χ0n) is 16.5. The number of hydrogen-bond donors (Lipinski definition) is 3. The maximum absolute atomic E-state index is 12.4. The Balaban J connectivity index is 1.34. The first-order valence-corrected chi connectivity index (χ1v) is 11.5. The van der Waals surface area contributed by atoms with E-state index in [0.29, 0.717) is 15.7 Å². The molecular weight excluding hydrogens is 432 g/mol. The number of anilines is 2. The minimum Gasteiger partial charge on any atom is -0.334 e. The number of thioether (sulfide) groups is 1. The molecule has 2 heterocycles. The van der Waals surface area contributed by atoms with Gasteiger partial charge in [-0.05, 0) is 36.8 Å². The Kier molecular flexibility index (Phi) is 6.49. The fraction of sp³-hybridized carbons (Fsp3) is 0.250. The van der Waals surface area contributed by atoms with Crippen LogP contribution in [-0.2, 0) is 17.6 Å². The molecule has 1 aliphatic carbocycles. The summed E-state index contributed by atoms with van der Waals surface area (Å²) in [6, 6.07) is 11.8. The molecule has 1 amide bonds. The van der Waals surface area contributed by atoms with Crippen molar-refractivity contribution in [3.05, 3.63) is 51.9 Å². The molecule has 0 aliphatic heterocycles. The summed E-state index contributed by atoms with van der Waals surface area (Å²) in [4.78, 5) is 13.6. The number of amides is 1. The first kappa shape index (κ1) is 20.9. The lowest BCUT2D eigenvalue weighted by Crippen LogP contribution is -2.17. The molecule has 1 aliphatic rings. The highest BCUT2D eigenvalue weighted by Crippen LogP contribution is 2.37. The lowest BCUT2D eigenvalue weighted by molar-refractivity contribution is -0.113. The van der Waals surface area contributed by atoms with E-state index in [4.69, 9.17) is 5.84 Å². The van der Waals surface area contributed by atoms with E-state index >= 15 is 0 Å². The topological polar surface area (TPSA) is 134 Å². The van der Waals surface area contributed by atoms with Crippen molar-refractivity contribution in [1.29, 1.82) is 5.26 Å². The molecule has 4 rings (SSSR count). The van der Waals surface area contributed by atoms with Crippen molar-refractivity contribution in [2.24, 2.45) is 5.10 Å². The standard InChI is InChI=1S/C20H20N8OS2/c21-10-15-14-8-4-5-9-16(14)31-18(15)24-17(29)12-30-20-27-26-19(28(20)22)25-23-11-13-6-2-1-3-7-13/h1-3,6-7,11H,4-5,8-9,12,22H2,(H,24,29)(H,25,26)/b23-11+. The molecule has 0 atom stereocenters. The Hall–Kier alpha value is -3.36. The molecule has 0 unspecified atom stereocenters. The lowest BCUT2D eigenvalue weighted by atomic mass is 9.96. The summed E-state index contributed by atoms with van der Waals surface area (Å²) in [5.74, 6) is 6.12. The summed E-state index contributed by atoms with van der Waals surface area (Å²) in [5.41, 5.74) is 5.36. The number of aryl methyl sites for hydroxylation is 1. The summed E-state index contributed by atoms with van der Waals surface area (Å²) in [6.45, 7) is 0. The van der Waals surface area contributed by atoms with Crippen LogP contribution >= 0.6 is 23.1 Å². The maximum Gasteiger partial charge on any atom is 0.264 e. The Morgan fingerprint density at radius 3 is 2.94 bits per heavy atom. The molecule has 0 bridgehead atoms. The number of nitrogens with one attached hydrogen (secondary N) is 2. The van der Waals surface area contributed by atoms with E-state index in [1.807, 2.05) is 30.3 Å². The maximum atomic E-state index is 12.4. The number of carbonyl (C=O) groups excluding carboxylic acids is 1. The van der Waals surface area contributed by atoms with Crippen LogP contribution in [0, 0.1) is 11.3 Å². The van der Waals surface area contributed by atoms with Gasteiger partial charge in [0, 0.05) is 4.88 Å². The van der Waals surface area contributed by atoms with Crippen molar-refractivity contribution in [3.8, 4) is 6.07 Å². The molecular formula is C20H20N8OS2. The third-order valence-electron chi connectivity index (χ3n) is 4.71. The van der Waals surface area contributed by atoms with Gasteiger partial charge in [0.25, 0.3) is 5.95 Å². The highest BCUT2D eigenvalue weighted by molar-refractivity contribution is 7.99. The van der Waals surface area contributed by atoms with Crippen molar-refractivity contribution >= 4 is 46.2 Å². The number of carbonyl (C=O) groups is 1. The van der Waals surface area contributed by atoms with Gasteiger partial charge in [0.15, 0.2) is 0 Å². The summed E-state index contributed by atoms with van der Waals surface area (Å²) < 4.78 is 1.24. The van der Waals surface area contributed by atoms with Gasteiger partial charge in [0.2, 0.25) is 11.1 Å². The van der Waals surface area contributed by atoms with Gasteiger partial charge in [-0.2, -0.15) is 10.4 Å². The molecule has 0 saturated carbocycles.